The first-order valence-corrected chi connectivity index (χ1v) is 9.89. The zero-order chi connectivity index (χ0) is 21.6. The molecule has 1 amide bonds. The fraction of sp³-hybridized carbons (Fsp3) is 0.500. The van der Waals surface area contributed by atoms with Crippen molar-refractivity contribution in [1.82, 2.24) is 15.3 Å². The molecule has 0 aromatic carbocycles. The van der Waals surface area contributed by atoms with E-state index in [1.54, 1.807) is 25.4 Å². The summed E-state index contributed by atoms with van der Waals surface area (Å²) in [6, 6.07) is 5.29. The Hall–Kier alpha value is -2.83. The van der Waals surface area contributed by atoms with E-state index in [4.69, 9.17) is 9.47 Å². The molecule has 0 aliphatic heterocycles. The molecule has 2 aromatic rings. The predicted molar refractivity (Wildman–Crippen MR) is 112 cm³/mol. The van der Waals surface area contributed by atoms with Gasteiger partial charge in [0.25, 0.3) is 0 Å². The minimum atomic E-state index is -0.581. The number of ether oxygens (including phenoxy) is 2. The van der Waals surface area contributed by atoms with Crippen LogP contribution in [-0.2, 0) is 15.9 Å². The van der Waals surface area contributed by atoms with Crippen LogP contribution in [0.15, 0.2) is 30.6 Å². The smallest absolute Gasteiger partial charge is 0.407 e. The number of alkyl carbamates (subject to hydrolysis) is 1. The van der Waals surface area contributed by atoms with Gasteiger partial charge in [0.15, 0.2) is 0 Å². The maximum atomic E-state index is 12.5. The molecule has 2 rings (SSSR count). The van der Waals surface area contributed by atoms with Gasteiger partial charge in [-0.2, -0.15) is 0 Å². The summed E-state index contributed by atoms with van der Waals surface area (Å²) in [7, 11) is 0. The third-order valence-electron chi connectivity index (χ3n) is 4.32. The van der Waals surface area contributed by atoms with E-state index in [0.29, 0.717) is 17.7 Å². The summed E-state index contributed by atoms with van der Waals surface area (Å²) in [4.78, 5) is 32.1. The van der Waals surface area contributed by atoms with Crippen LogP contribution in [0.1, 0.15) is 57.6 Å². The van der Waals surface area contributed by atoms with Gasteiger partial charge >= 0.3 is 12.1 Å². The van der Waals surface area contributed by atoms with Crippen molar-refractivity contribution in [2.75, 3.05) is 6.61 Å². The molecule has 2 N–H and O–H groups in total. The normalized spacial score (nSPS) is 12.5. The number of amides is 1. The molecule has 0 bridgehead atoms. The first kappa shape index (κ1) is 22.5. The topological polar surface area (TPSA) is 93.3 Å². The van der Waals surface area contributed by atoms with Crippen LogP contribution in [0.3, 0.4) is 0 Å². The number of rotatable bonds is 7. The molecule has 0 aliphatic rings. The molecule has 2 aromatic heterocycles. The minimum absolute atomic E-state index is 0.130. The fourth-order valence-electron chi connectivity index (χ4n) is 2.87. The highest BCUT2D eigenvalue weighted by Gasteiger charge is 2.25. The van der Waals surface area contributed by atoms with Crippen LogP contribution in [0.4, 0.5) is 4.79 Å². The lowest BCUT2D eigenvalue weighted by Gasteiger charge is -2.25. The van der Waals surface area contributed by atoms with Crippen LogP contribution >= 0.6 is 0 Å². The monoisotopic (exact) mass is 401 g/mol. The number of nitrogens with one attached hydrogen (secondary N) is 2. The van der Waals surface area contributed by atoms with Crippen molar-refractivity contribution in [2.24, 2.45) is 5.92 Å². The van der Waals surface area contributed by atoms with Gasteiger partial charge in [0, 0.05) is 41.8 Å². The lowest BCUT2D eigenvalue weighted by atomic mass is 9.98. The van der Waals surface area contributed by atoms with Crippen LogP contribution in [0.2, 0.25) is 0 Å². The number of nitrogens with zero attached hydrogens (tertiary/aromatic N) is 1. The number of aromatic nitrogens is 2. The lowest BCUT2D eigenvalue weighted by Crippen LogP contribution is -2.43. The summed E-state index contributed by atoms with van der Waals surface area (Å²) in [5, 5.41) is 2.93. The van der Waals surface area contributed by atoms with Gasteiger partial charge in [-0.25, -0.2) is 9.59 Å². The molecular weight excluding hydrogens is 370 g/mol. The first-order chi connectivity index (χ1) is 13.6. The van der Waals surface area contributed by atoms with Gasteiger partial charge in [-0.3, -0.25) is 4.98 Å². The van der Waals surface area contributed by atoms with E-state index in [0.717, 1.165) is 11.3 Å². The van der Waals surface area contributed by atoms with E-state index < -0.39 is 11.7 Å². The first-order valence-electron chi connectivity index (χ1n) is 9.89. The Labute approximate surface area is 172 Å². The van der Waals surface area contributed by atoms with E-state index in [-0.39, 0.29) is 24.5 Å². The number of H-pyrrole nitrogens is 1. The third kappa shape index (κ3) is 6.62. The Morgan fingerprint density at radius 2 is 1.86 bits per heavy atom. The van der Waals surface area contributed by atoms with Gasteiger partial charge in [0.2, 0.25) is 0 Å². The Bertz CT molecular complexity index is 822. The number of carbonyl (C=O) groups is 2. The second-order valence-electron chi connectivity index (χ2n) is 8.23. The molecule has 0 saturated heterocycles. The summed E-state index contributed by atoms with van der Waals surface area (Å²) < 4.78 is 10.6. The van der Waals surface area contributed by atoms with Crippen LogP contribution in [0.5, 0.6) is 0 Å². The highest BCUT2D eigenvalue weighted by molar-refractivity contribution is 5.92. The minimum Gasteiger partial charge on any atom is -0.462 e. The largest absolute Gasteiger partial charge is 0.462 e. The number of carbonyl (C=O) groups excluding carboxylic acids is 2. The van der Waals surface area contributed by atoms with Gasteiger partial charge in [0.05, 0.1) is 12.2 Å². The van der Waals surface area contributed by atoms with Crippen LogP contribution in [-0.4, -0.2) is 40.3 Å². The molecule has 158 valence electrons. The van der Waals surface area contributed by atoms with Crippen molar-refractivity contribution in [3.8, 4) is 11.3 Å². The molecule has 0 saturated carbocycles. The van der Waals surface area contributed by atoms with E-state index in [2.05, 4.69) is 15.3 Å². The molecule has 0 spiro atoms. The molecule has 29 heavy (non-hydrogen) atoms. The van der Waals surface area contributed by atoms with E-state index in [9.17, 15) is 9.59 Å². The Morgan fingerprint density at radius 1 is 1.21 bits per heavy atom. The number of hydrogen-bond donors (Lipinski definition) is 2. The van der Waals surface area contributed by atoms with Crippen molar-refractivity contribution in [2.45, 2.75) is 59.6 Å². The maximum Gasteiger partial charge on any atom is 0.407 e. The molecule has 1 atom stereocenters. The van der Waals surface area contributed by atoms with Gasteiger partial charge in [-0.15, -0.1) is 0 Å². The quantitative estimate of drug-likeness (QED) is 0.673. The highest BCUT2D eigenvalue weighted by atomic mass is 16.6. The Balaban J connectivity index is 2.30. The van der Waals surface area contributed by atoms with Gasteiger partial charge in [0.1, 0.15) is 5.60 Å². The van der Waals surface area contributed by atoms with Crippen LogP contribution in [0.25, 0.3) is 11.3 Å². The van der Waals surface area contributed by atoms with Gasteiger partial charge in [-0.05, 0) is 51.8 Å². The van der Waals surface area contributed by atoms with Crippen molar-refractivity contribution in [1.29, 1.82) is 0 Å². The van der Waals surface area contributed by atoms with E-state index in [1.807, 2.05) is 46.8 Å². The Morgan fingerprint density at radius 3 is 2.41 bits per heavy atom. The average Bonchev–Trinajstić information content (AvgIpc) is 3.04. The highest BCUT2D eigenvalue weighted by Crippen LogP contribution is 2.24. The standard InChI is InChI=1S/C22H31N3O4/c1-7-28-20(26)16-12-18(15-8-10-23-11-9-15)24-19(16)13-17(14(2)3)25-21(27)29-22(4,5)6/h8-12,14,17,24H,7,13H2,1-6H3,(H,25,27)/t17-/m1/s1. The molecule has 0 fully saturated rings. The van der Waals surface area contributed by atoms with E-state index in [1.165, 1.54) is 0 Å². The summed E-state index contributed by atoms with van der Waals surface area (Å²) >= 11 is 0. The van der Waals surface area contributed by atoms with E-state index >= 15 is 0 Å². The summed E-state index contributed by atoms with van der Waals surface area (Å²) in [5.74, 6) is -0.260. The number of aromatic amines is 1. The number of pyridine rings is 1. The molecule has 7 heteroatoms. The fourth-order valence-corrected chi connectivity index (χ4v) is 2.87. The summed E-state index contributed by atoms with van der Waals surface area (Å²) in [5.41, 5.74) is 2.31. The molecular formula is C22H31N3O4. The second-order valence-corrected chi connectivity index (χ2v) is 8.23. The molecule has 0 radical (unpaired) electrons. The van der Waals surface area contributed by atoms with Gasteiger partial charge < -0.3 is 19.8 Å². The van der Waals surface area contributed by atoms with Crippen molar-refractivity contribution in [3.63, 3.8) is 0 Å². The van der Waals surface area contributed by atoms with Crippen molar-refractivity contribution in [3.05, 3.63) is 41.9 Å². The third-order valence-corrected chi connectivity index (χ3v) is 4.32. The zero-order valence-electron chi connectivity index (χ0n) is 18.0. The summed E-state index contributed by atoms with van der Waals surface area (Å²) in [6.07, 6.45) is 3.35. The molecule has 7 nitrogen and oxygen atoms in total. The lowest BCUT2D eigenvalue weighted by molar-refractivity contribution is 0.0490. The predicted octanol–water partition coefficient (Wildman–Crippen LogP) is 4.35. The molecule has 0 aliphatic carbocycles. The number of hydrogen-bond acceptors (Lipinski definition) is 5. The van der Waals surface area contributed by atoms with Crippen LogP contribution < -0.4 is 5.32 Å². The molecule has 2 heterocycles. The SMILES string of the molecule is CCOC(=O)c1cc(-c2ccncc2)[nH]c1C[C@@H](NC(=O)OC(C)(C)C)C(C)C. The number of esters is 1. The Kier molecular flexibility index (Phi) is 7.42. The second kappa shape index (κ2) is 9.58. The summed E-state index contributed by atoms with van der Waals surface area (Å²) in [6.45, 7) is 11.6. The van der Waals surface area contributed by atoms with Crippen molar-refractivity contribution >= 4 is 12.1 Å². The maximum absolute atomic E-state index is 12.5. The van der Waals surface area contributed by atoms with Gasteiger partial charge in [-0.1, -0.05) is 13.8 Å². The van der Waals surface area contributed by atoms with Crippen molar-refractivity contribution < 1.29 is 19.1 Å². The molecule has 0 unspecified atom stereocenters. The average molecular weight is 402 g/mol. The van der Waals surface area contributed by atoms with Crippen LogP contribution in [0, 0.1) is 5.92 Å². The zero-order valence-corrected chi connectivity index (χ0v) is 18.0.